The quantitative estimate of drug-likeness (QED) is 0.285. The molecule has 0 unspecified atom stereocenters. The van der Waals surface area contributed by atoms with Crippen molar-refractivity contribution in [2.24, 2.45) is 0 Å². The Morgan fingerprint density at radius 1 is 1.03 bits per heavy atom. The van der Waals surface area contributed by atoms with E-state index in [1.54, 1.807) is 0 Å². The van der Waals surface area contributed by atoms with Crippen LogP contribution in [0.2, 0.25) is 0 Å². The third kappa shape index (κ3) is 4.89. The zero-order chi connectivity index (χ0) is 22.7. The number of benzene rings is 2. The van der Waals surface area contributed by atoms with Crippen LogP contribution < -0.4 is 5.32 Å². The van der Waals surface area contributed by atoms with E-state index in [1.165, 1.54) is 35.2 Å². The molecule has 164 valence electrons. The number of carboxylic acids is 1. The molecule has 4 aromatic rings. The molecule has 2 N–H and O–H groups in total. The Hall–Kier alpha value is -3.04. The maximum atomic E-state index is 12.8. The Balaban J connectivity index is 1.64. The van der Waals surface area contributed by atoms with Crippen molar-refractivity contribution < 1.29 is 23.1 Å². The molecule has 0 aliphatic heterocycles. The zero-order valence-corrected chi connectivity index (χ0v) is 18.2. The summed E-state index contributed by atoms with van der Waals surface area (Å²) >= 11 is 2.70. The van der Waals surface area contributed by atoms with Gasteiger partial charge in [-0.15, -0.1) is 23.1 Å². The molecule has 0 radical (unpaired) electrons. The van der Waals surface area contributed by atoms with Gasteiger partial charge in [-0.1, -0.05) is 42.5 Å². The fourth-order valence-electron chi connectivity index (χ4n) is 3.16. The van der Waals surface area contributed by atoms with E-state index in [1.807, 2.05) is 41.8 Å². The van der Waals surface area contributed by atoms with Gasteiger partial charge in [0.2, 0.25) is 0 Å². The number of hydrogen-bond acceptors (Lipinski definition) is 5. The summed E-state index contributed by atoms with van der Waals surface area (Å²) in [5.74, 6) is -0.555. The number of hydrogen-bond donors (Lipinski definition) is 2. The molecule has 2 aromatic heterocycles. The molecule has 0 saturated heterocycles. The highest BCUT2D eigenvalue weighted by Gasteiger charge is 2.30. The molecular weight excluding hydrogens is 457 g/mol. The minimum Gasteiger partial charge on any atom is -0.478 e. The van der Waals surface area contributed by atoms with E-state index in [2.05, 4.69) is 10.3 Å². The first-order valence-electron chi connectivity index (χ1n) is 9.54. The number of nitrogens with one attached hydrogen (secondary N) is 1. The molecule has 4 rings (SSSR count). The summed E-state index contributed by atoms with van der Waals surface area (Å²) in [7, 11) is 0. The fraction of sp³-hybridized carbons (Fsp3) is 0.130. The lowest BCUT2D eigenvalue weighted by atomic mass is 10.1. The minimum atomic E-state index is -4.40. The number of aromatic carboxylic acids is 1. The molecule has 0 spiro atoms. The Labute approximate surface area is 190 Å². The number of aromatic nitrogens is 1. The van der Waals surface area contributed by atoms with Crippen molar-refractivity contribution in [2.75, 3.05) is 5.32 Å². The number of thioether (sulfide) groups is 1. The van der Waals surface area contributed by atoms with Crippen LogP contribution in [0.15, 0.2) is 71.1 Å². The zero-order valence-electron chi connectivity index (χ0n) is 16.5. The van der Waals surface area contributed by atoms with Crippen molar-refractivity contribution >= 4 is 45.0 Å². The second kappa shape index (κ2) is 9.22. The predicted molar refractivity (Wildman–Crippen MR) is 121 cm³/mol. The van der Waals surface area contributed by atoms with Crippen LogP contribution in [0.25, 0.3) is 10.2 Å². The summed E-state index contributed by atoms with van der Waals surface area (Å²) in [6.45, 7) is 0.179. The van der Waals surface area contributed by atoms with Gasteiger partial charge in [-0.25, -0.2) is 9.78 Å². The number of halogens is 3. The smallest absolute Gasteiger partial charge is 0.416 e. The first-order valence-corrected chi connectivity index (χ1v) is 11.4. The lowest BCUT2D eigenvalue weighted by molar-refractivity contribution is -0.137. The standard InChI is InChI=1S/C23H17F3N2O2S2/c24-23(25,26)16-8-6-14(7-9-16)12-27-19-18(22(29)30)21(28-17-10-11-31-20(17)19)32-13-15-4-2-1-3-5-15/h1-11H,12-13H2,(H,27,28)(H,29,30). The van der Waals surface area contributed by atoms with E-state index >= 15 is 0 Å². The van der Waals surface area contributed by atoms with Gasteiger partial charge in [0.1, 0.15) is 10.6 Å². The molecule has 32 heavy (non-hydrogen) atoms. The second-order valence-corrected chi connectivity index (χ2v) is 8.81. The molecule has 2 heterocycles. The van der Waals surface area contributed by atoms with Crippen molar-refractivity contribution in [1.29, 1.82) is 0 Å². The van der Waals surface area contributed by atoms with Crippen molar-refractivity contribution in [3.05, 3.63) is 88.3 Å². The summed E-state index contributed by atoms with van der Waals surface area (Å²) in [5, 5.41) is 15.3. The van der Waals surface area contributed by atoms with Gasteiger partial charge < -0.3 is 10.4 Å². The fourth-order valence-corrected chi connectivity index (χ4v) is 5.01. The van der Waals surface area contributed by atoms with Gasteiger partial charge in [0.05, 0.1) is 21.5 Å². The van der Waals surface area contributed by atoms with Crippen LogP contribution >= 0.6 is 23.1 Å². The monoisotopic (exact) mass is 474 g/mol. The number of alkyl halides is 3. The SMILES string of the molecule is O=C(O)c1c(SCc2ccccc2)nc2ccsc2c1NCc1ccc(C(F)(F)F)cc1. The Bertz CT molecular complexity index is 1240. The average molecular weight is 475 g/mol. The summed E-state index contributed by atoms with van der Waals surface area (Å²) in [6.07, 6.45) is -4.40. The number of rotatable bonds is 7. The van der Waals surface area contributed by atoms with Crippen LogP contribution in [0.5, 0.6) is 0 Å². The predicted octanol–water partition coefficient (Wildman–Crippen LogP) is 6.92. The van der Waals surface area contributed by atoms with Gasteiger partial charge in [0.15, 0.2) is 0 Å². The van der Waals surface area contributed by atoms with Crippen LogP contribution in [0.3, 0.4) is 0 Å². The molecule has 9 heteroatoms. The van der Waals surface area contributed by atoms with Crippen LogP contribution in [0.4, 0.5) is 18.9 Å². The minimum absolute atomic E-state index is 0.0628. The van der Waals surface area contributed by atoms with Crippen LogP contribution in [-0.2, 0) is 18.5 Å². The Kier molecular flexibility index (Phi) is 6.38. The normalized spacial score (nSPS) is 11.6. The van der Waals surface area contributed by atoms with E-state index in [9.17, 15) is 23.1 Å². The van der Waals surface area contributed by atoms with Gasteiger partial charge in [0.25, 0.3) is 0 Å². The van der Waals surface area contributed by atoms with E-state index in [0.29, 0.717) is 32.2 Å². The maximum Gasteiger partial charge on any atom is 0.416 e. The van der Waals surface area contributed by atoms with E-state index in [4.69, 9.17) is 0 Å². The van der Waals surface area contributed by atoms with Crippen molar-refractivity contribution in [3.63, 3.8) is 0 Å². The molecule has 2 aromatic carbocycles. The highest BCUT2D eigenvalue weighted by molar-refractivity contribution is 7.98. The number of carboxylic acid groups (broad SMARTS) is 1. The van der Waals surface area contributed by atoms with Gasteiger partial charge in [-0.05, 0) is 34.7 Å². The van der Waals surface area contributed by atoms with E-state index in [0.717, 1.165) is 17.7 Å². The molecule has 0 fully saturated rings. The van der Waals surface area contributed by atoms with Crippen LogP contribution in [0, 0.1) is 0 Å². The van der Waals surface area contributed by atoms with Gasteiger partial charge in [-0.2, -0.15) is 13.2 Å². The van der Waals surface area contributed by atoms with Gasteiger partial charge >= 0.3 is 12.1 Å². The number of fused-ring (bicyclic) bond motifs is 1. The summed E-state index contributed by atoms with van der Waals surface area (Å²) < 4.78 is 39.1. The highest BCUT2D eigenvalue weighted by atomic mass is 32.2. The molecule has 4 nitrogen and oxygen atoms in total. The first kappa shape index (κ1) is 22.2. The first-order chi connectivity index (χ1) is 15.3. The van der Waals surface area contributed by atoms with Crippen molar-refractivity contribution in [1.82, 2.24) is 4.98 Å². The number of carbonyl (C=O) groups is 1. The van der Waals surface area contributed by atoms with Gasteiger partial charge in [0, 0.05) is 12.3 Å². The Morgan fingerprint density at radius 2 is 1.75 bits per heavy atom. The maximum absolute atomic E-state index is 12.8. The van der Waals surface area contributed by atoms with Crippen molar-refractivity contribution in [2.45, 2.75) is 23.5 Å². The molecule has 0 aliphatic carbocycles. The summed E-state index contributed by atoms with van der Waals surface area (Å²) in [6, 6.07) is 16.3. The second-order valence-electron chi connectivity index (χ2n) is 6.93. The van der Waals surface area contributed by atoms with Crippen LogP contribution in [-0.4, -0.2) is 16.1 Å². The Morgan fingerprint density at radius 3 is 2.41 bits per heavy atom. The third-order valence-electron chi connectivity index (χ3n) is 4.74. The highest BCUT2D eigenvalue weighted by Crippen LogP contribution is 2.38. The number of nitrogens with zero attached hydrogens (tertiary/aromatic N) is 1. The molecule has 0 atom stereocenters. The van der Waals surface area contributed by atoms with Crippen molar-refractivity contribution in [3.8, 4) is 0 Å². The van der Waals surface area contributed by atoms with E-state index < -0.39 is 17.7 Å². The molecular formula is C23H17F3N2O2S2. The third-order valence-corrected chi connectivity index (χ3v) is 6.71. The molecule has 0 aliphatic rings. The largest absolute Gasteiger partial charge is 0.478 e. The topological polar surface area (TPSA) is 62.2 Å². The number of anilines is 1. The lowest BCUT2D eigenvalue weighted by Gasteiger charge is -2.15. The molecule has 0 saturated carbocycles. The number of pyridine rings is 1. The van der Waals surface area contributed by atoms with E-state index in [-0.39, 0.29) is 12.1 Å². The average Bonchev–Trinajstić information content (AvgIpc) is 3.24. The molecule has 0 bridgehead atoms. The summed E-state index contributed by atoms with van der Waals surface area (Å²) in [5.41, 5.74) is 2.08. The lowest BCUT2D eigenvalue weighted by Crippen LogP contribution is -2.10. The van der Waals surface area contributed by atoms with Crippen LogP contribution in [0.1, 0.15) is 27.0 Å². The number of thiophene rings is 1. The summed E-state index contributed by atoms with van der Waals surface area (Å²) in [4.78, 5) is 16.7. The molecule has 0 amide bonds. The van der Waals surface area contributed by atoms with Gasteiger partial charge in [-0.3, -0.25) is 0 Å².